The highest BCUT2D eigenvalue weighted by Gasteiger charge is 2.26. The fourth-order valence-corrected chi connectivity index (χ4v) is 2.27. The summed E-state index contributed by atoms with van der Waals surface area (Å²) in [6.07, 6.45) is 2.07. The van der Waals surface area contributed by atoms with Gasteiger partial charge in [0.1, 0.15) is 0 Å². The van der Waals surface area contributed by atoms with E-state index in [1.807, 2.05) is 39.5 Å². The molecular formula is C15H29N3O2. The van der Waals surface area contributed by atoms with Crippen LogP contribution in [0.25, 0.3) is 0 Å². The summed E-state index contributed by atoms with van der Waals surface area (Å²) >= 11 is 0. The van der Waals surface area contributed by atoms with Gasteiger partial charge in [0.05, 0.1) is 0 Å². The maximum atomic E-state index is 12.1. The van der Waals surface area contributed by atoms with Crippen molar-refractivity contribution in [3.8, 4) is 0 Å². The van der Waals surface area contributed by atoms with Crippen LogP contribution in [0.1, 0.15) is 47.5 Å². The van der Waals surface area contributed by atoms with Gasteiger partial charge in [0.25, 0.3) is 0 Å². The minimum atomic E-state index is -0.212. The monoisotopic (exact) mass is 283 g/mol. The molecular weight excluding hydrogens is 254 g/mol. The highest BCUT2D eigenvalue weighted by molar-refractivity contribution is 5.77. The van der Waals surface area contributed by atoms with Crippen molar-refractivity contribution >= 4 is 11.9 Å². The molecule has 1 atom stereocenters. The van der Waals surface area contributed by atoms with Gasteiger partial charge in [-0.1, -0.05) is 13.8 Å². The van der Waals surface area contributed by atoms with Gasteiger partial charge in [-0.05, 0) is 39.5 Å². The van der Waals surface area contributed by atoms with Crippen LogP contribution in [0.3, 0.4) is 0 Å². The first kappa shape index (κ1) is 16.8. The van der Waals surface area contributed by atoms with E-state index in [0.29, 0.717) is 12.5 Å². The smallest absolute Gasteiger partial charge is 0.317 e. The Morgan fingerprint density at radius 3 is 2.50 bits per heavy atom. The lowest BCUT2D eigenvalue weighted by atomic mass is 9.98. The van der Waals surface area contributed by atoms with Crippen LogP contribution in [0.15, 0.2) is 0 Å². The Labute approximate surface area is 122 Å². The molecule has 1 saturated heterocycles. The van der Waals surface area contributed by atoms with Gasteiger partial charge in [-0.2, -0.15) is 0 Å². The van der Waals surface area contributed by atoms with Crippen LogP contribution in [0.4, 0.5) is 4.79 Å². The first-order chi connectivity index (χ1) is 9.19. The van der Waals surface area contributed by atoms with Gasteiger partial charge >= 0.3 is 6.03 Å². The molecule has 0 aromatic rings. The summed E-state index contributed by atoms with van der Waals surface area (Å²) in [7, 11) is 0. The highest BCUT2D eigenvalue weighted by atomic mass is 16.2. The third-order valence-corrected chi connectivity index (χ3v) is 3.38. The first-order valence-corrected chi connectivity index (χ1v) is 7.54. The van der Waals surface area contributed by atoms with E-state index in [1.165, 1.54) is 0 Å². The van der Waals surface area contributed by atoms with Gasteiger partial charge in [0.2, 0.25) is 5.91 Å². The fourth-order valence-electron chi connectivity index (χ4n) is 2.27. The van der Waals surface area contributed by atoms with E-state index in [9.17, 15) is 9.59 Å². The lowest BCUT2D eigenvalue weighted by molar-refractivity contribution is -0.124. The zero-order chi connectivity index (χ0) is 15.3. The summed E-state index contributed by atoms with van der Waals surface area (Å²) in [5.41, 5.74) is -0.212. The first-order valence-electron chi connectivity index (χ1n) is 7.54. The van der Waals surface area contributed by atoms with E-state index < -0.39 is 0 Å². The van der Waals surface area contributed by atoms with Gasteiger partial charge in [-0.3, -0.25) is 4.79 Å². The van der Waals surface area contributed by atoms with E-state index in [1.54, 1.807) is 0 Å². The number of likely N-dealkylation sites (tertiary alicyclic amines) is 1. The molecule has 3 amide bonds. The van der Waals surface area contributed by atoms with Gasteiger partial charge in [-0.25, -0.2) is 4.79 Å². The highest BCUT2D eigenvalue weighted by Crippen LogP contribution is 2.16. The fraction of sp³-hybridized carbons (Fsp3) is 0.867. The molecule has 2 N–H and O–H groups in total. The SMILES string of the molecule is CC(C)C(=O)NCC1CCCN(C(=O)NC(C)(C)C)C1. The number of nitrogens with zero attached hydrogens (tertiary/aromatic N) is 1. The summed E-state index contributed by atoms with van der Waals surface area (Å²) < 4.78 is 0. The van der Waals surface area contributed by atoms with Gasteiger partial charge in [0, 0.05) is 31.1 Å². The maximum Gasteiger partial charge on any atom is 0.317 e. The zero-order valence-electron chi connectivity index (χ0n) is 13.5. The molecule has 1 fully saturated rings. The van der Waals surface area contributed by atoms with Crippen LogP contribution in [0.5, 0.6) is 0 Å². The number of piperidine rings is 1. The predicted octanol–water partition coefficient (Wildman–Crippen LogP) is 1.98. The number of hydrogen-bond donors (Lipinski definition) is 2. The maximum absolute atomic E-state index is 12.1. The summed E-state index contributed by atoms with van der Waals surface area (Å²) in [6.45, 7) is 11.9. The Morgan fingerprint density at radius 1 is 1.30 bits per heavy atom. The van der Waals surface area contributed by atoms with Crippen molar-refractivity contribution in [2.24, 2.45) is 11.8 Å². The van der Waals surface area contributed by atoms with E-state index in [2.05, 4.69) is 10.6 Å². The third-order valence-electron chi connectivity index (χ3n) is 3.38. The van der Waals surface area contributed by atoms with Gasteiger partial charge in [0.15, 0.2) is 0 Å². The minimum absolute atomic E-state index is 0.00242. The molecule has 0 radical (unpaired) electrons. The Balaban J connectivity index is 2.42. The second-order valence-electron chi connectivity index (χ2n) is 7.03. The van der Waals surface area contributed by atoms with Crippen molar-refractivity contribution in [2.75, 3.05) is 19.6 Å². The molecule has 5 heteroatoms. The molecule has 0 aliphatic carbocycles. The number of amides is 3. The lowest BCUT2D eigenvalue weighted by Crippen LogP contribution is -2.52. The molecule has 0 aromatic heterocycles. The molecule has 20 heavy (non-hydrogen) atoms. The average Bonchev–Trinajstić information content (AvgIpc) is 2.34. The number of carbonyl (C=O) groups excluding carboxylic acids is 2. The summed E-state index contributed by atoms with van der Waals surface area (Å²) in [5.74, 6) is 0.456. The molecule has 0 saturated carbocycles. The topological polar surface area (TPSA) is 61.4 Å². The van der Waals surface area contributed by atoms with E-state index in [4.69, 9.17) is 0 Å². The summed E-state index contributed by atoms with van der Waals surface area (Å²) in [6, 6.07) is -0.00242. The largest absolute Gasteiger partial charge is 0.356 e. The van der Waals surface area contributed by atoms with Crippen molar-refractivity contribution in [1.82, 2.24) is 15.5 Å². The van der Waals surface area contributed by atoms with Crippen molar-refractivity contribution in [3.63, 3.8) is 0 Å². The summed E-state index contributed by atoms with van der Waals surface area (Å²) in [5, 5.41) is 5.95. The second kappa shape index (κ2) is 6.95. The molecule has 1 aliphatic heterocycles. The quantitative estimate of drug-likeness (QED) is 0.832. The third kappa shape index (κ3) is 5.80. The van der Waals surface area contributed by atoms with Crippen LogP contribution >= 0.6 is 0 Å². The number of rotatable bonds is 3. The van der Waals surface area contributed by atoms with Crippen molar-refractivity contribution < 1.29 is 9.59 Å². The molecule has 5 nitrogen and oxygen atoms in total. The van der Waals surface area contributed by atoms with Crippen LogP contribution < -0.4 is 10.6 Å². The van der Waals surface area contributed by atoms with Crippen LogP contribution in [-0.2, 0) is 4.79 Å². The molecule has 1 unspecified atom stereocenters. The predicted molar refractivity (Wildman–Crippen MR) is 80.4 cm³/mol. The standard InChI is InChI=1S/C15H29N3O2/c1-11(2)13(19)16-9-12-7-6-8-18(10-12)14(20)17-15(3,4)5/h11-12H,6-10H2,1-5H3,(H,16,19)(H,17,20). The molecule has 116 valence electrons. The lowest BCUT2D eigenvalue weighted by Gasteiger charge is -2.35. The van der Waals surface area contributed by atoms with Crippen molar-refractivity contribution in [2.45, 2.75) is 53.0 Å². The minimum Gasteiger partial charge on any atom is -0.356 e. The van der Waals surface area contributed by atoms with Crippen LogP contribution in [-0.4, -0.2) is 42.0 Å². The van der Waals surface area contributed by atoms with E-state index >= 15 is 0 Å². The Morgan fingerprint density at radius 2 is 1.95 bits per heavy atom. The number of urea groups is 1. The van der Waals surface area contributed by atoms with E-state index in [0.717, 1.165) is 25.9 Å². The molecule has 1 rings (SSSR count). The summed E-state index contributed by atoms with van der Waals surface area (Å²) in [4.78, 5) is 25.6. The van der Waals surface area contributed by atoms with Gasteiger partial charge in [-0.15, -0.1) is 0 Å². The number of hydrogen-bond acceptors (Lipinski definition) is 2. The molecule has 0 aromatic carbocycles. The Hall–Kier alpha value is -1.26. The molecule has 0 bridgehead atoms. The zero-order valence-corrected chi connectivity index (χ0v) is 13.5. The number of carbonyl (C=O) groups is 2. The van der Waals surface area contributed by atoms with Crippen LogP contribution in [0.2, 0.25) is 0 Å². The van der Waals surface area contributed by atoms with Gasteiger partial charge < -0.3 is 15.5 Å². The number of nitrogens with one attached hydrogen (secondary N) is 2. The average molecular weight is 283 g/mol. The Kier molecular flexibility index (Phi) is 5.84. The van der Waals surface area contributed by atoms with Crippen molar-refractivity contribution in [3.05, 3.63) is 0 Å². The van der Waals surface area contributed by atoms with Crippen LogP contribution in [0, 0.1) is 11.8 Å². The second-order valence-corrected chi connectivity index (χ2v) is 7.03. The molecule has 0 spiro atoms. The van der Waals surface area contributed by atoms with E-state index in [-0.39, 0.29) is 23.4 Å². The molecule has 1 aliphatic rings. The Bertz CT molecular complexity index is 348. The molecule has 1 heterocycles. The normalized spacial score (nSPS) is 19.9. The van der Waals surface area contributed by atoms with Crippen molar-refractivity contribution in [1.29, 1.82) is 0 Å².